The van der Waals surface area contributed by atoms with Gasteiger partial charge < -0.3 is 15.4 Å². The molecule has 2 rings (SSSR count). The van der Waals surface area contributed by atoms with E-state index in [4.69, 9.17) is 4.74 Å². The van der Waals surface area contributed by atoms with E-state index in [1.165, 1.54) is 11.1 Å². The van der Waals surface area contributed by atoms with Crippen molar-refractivity contribution in [3.8, 4) is 0 Å². The van der Waals surface area contributed by atoms with Crippen LogP contribution in [-0.2, 0) is 17.8 Å². The maximum atomic E-state index is 12.0. The molecule has 0 saturated carbocycles. The average Bonchev–Trinajstić information content (AvgIpc) is 2.89. The van der Waals surface area contributed by atoms with Crippen LogP contribution in [0.4, 0.5) is 0 Å². The number of carbonyl (C=O) groups is 1. The van der Waals surface area contributed by atoms with Crippen molar-refractivity contribution in [1.82, 2.24) is 10.6 Å². The predicted octanol–water partition coefficient (Wildman–Crippen LogP) is 2.08. The van der Waals surface area contributed by atoms with E-state index in [1.807, 2.05) is 18.2 Å². The highest BCUT2D eigenvalue weighted by Crippen LogP contribution is 2.16. The van der Waals surface area contributed by atoms with Gasteiger partial charge in [-0.05, 0) is 35.6 Å². The van der Waals surface area contributed by atoms with Crippen LogP contribution in [0.2, 0.25) is 0 Å². The van der Waals surface area contributed by atoms with Crippen molar-refractivity contribution in [2.24, 2.45) is 5.92 Å². The molecule has 1 heterocycles. The first-order valence-electron chi connectivity index (χ1n) is 7.35. The molecule has 0 atom stereocenters. The second-order valence-electron chi connectivity index (χ2n) is 5.64. The van der Waals surface area contributed by atoms with Crippen LogP contribution in [0.3, 0.4) is 0 Å². The lowest BCUT2D eigenvalue weighted by molar-refractivity contribution is 0.0905. The molecule has 4 nitrogen and oxygen atoms in total. The normalized spacial score (nSPS) is 13.6. The van der Waals surface area contributed by atoms with Crippen LogP contribution >= 0.6 is 0 Å². The standard InChI is InChI=1S/C16H24N2O2/c1-12(2)5-7-20-8-6-18-16(19)13-3-4-14-10-17-11-15(14)9-13/h3-4,9,12,17H,5-8,10-11H2,1-2H3,(H,18,19). The lowest BCUT2D eigenvalue weighted by Crippen LogP contribution is -2.27. The summed E-state index contributed by atoms with van der Waals surface area (Å²) in [6.07, 6.45) is 1.06. The van der Waals surface area contributed by atoms with Crippen molar-refractivity contribution < 1.29 is 9.53 Å². The molecular formula is C16H24N2O2. The molecule has 2 N–H and O–H groups in total. The highest BCUT2D eigenvalue weighted by Gasteiger charge is 2.12. The van der Waals surface area contributed by atoms with E-state index in [0.717, 1.165) is 31.7 Å². The predicted molar refractivity (Wildman–Crippen MR) is 79.6 cm³/mol. The number of hydrogen-bond acceptors (Lipinski definition) is 3. The molecule has 110 valence electrons. The Morgan fingerprint density at radius 2 is 2.10 bits per heavy atom. The lowest BCUT2D eigenvalue weighted by atomic mass is 10.1. The Bertz CT molecular complexity index is 458. The fourth-order valence-corrected chi connectivity index (χ4v) is 2.20. The van der Waals surface area contributed by atoms with Crippen LogP contribution in [0, 0.1) is 5.92 Å². The number of hydrogen-bond donors (Lipinski definition) is 2. The third-order valence-corrected chi connectivity index (χ3v) is 3.47. The first-order valence-corrected chi connectivity index (χ1v) is 7.35. The van der Waals surface area contributed by atoms with Crippen molar-refractivity contribution in [3.63, 3.8) is 0 Å². The third-order valence-electron chi connectivity index (χ3n) is 3.47. The number of fused-ring (bicyclic) bond motifs is 1. The van der Waals surface area contributed by atoms with Gasteiger partial charge in [-0.1, -0.05) is 19.9 Å². The smallest absolute Gasteiger partial charge is 0.251 e. The Morgan fingerprint density at radius 3 is 2.90 bits per heavy atom. The molecule has 4 heteroatoms. The van der Waals surface area contributed by atoms with Crippen LogP contribution in [0.25, 0.3) is 0 Å². The number of ether oxygens (including phenoxy) is 1. The molecule has 0 bridgehead atoms. The first kappa shape index (κ1) is 15.0. The van der Waals surface area contributed by atoms with E-state index in [-0.39, 0.29) is 5.91 Å². The number of amides is 1. The fourth-order valence-electron chi connectivity index (χ4n) is 2.20. The summed E-state index contributed by atoms with van der Waals surface area (Å²) in [6, 6.07) is 5.90. The van der Waals surface area contributed by atoms with E-state index in [2.05, 4.69) is 24.5 Å². The number of nitrogens with one attached hydrogen (secondary N) is 2. The van der Waals surface area contributed by atoms with Gasteiger partial charge in [0.1, 0.15) is 0 Å². The van der Waals surface area contributed by atoms with E-state index in [1.54, 1.807) is 0 Å². The van der Waals surface area contributed by atoms with Gasteiger partial charge in [0.15, 0.2) is 0 Å². The highest BCUT2D eigenvalue weighted by atomic mass is 16.5. The molecule has 0 unspecified atom stereocenters. The molecule has 0 spiro atoms. The molecule has 20 heavy (non-hydrogen) atoms. The van der Waals surface area contributed by atoms with Crippen molar-refractivity contribution in [1.29, 1.82) is 0 Å². The van der Waals surface area contributed by atoms with E-state index in [0.29, 0.717) is 19.1 Å². The van der Waals surface area contributed by atoms with Crippen molar-refractivity contribution in [2.45, 2.75) is 33.4 Å². The maximum Gasteiger partial charge on any atom is 0.251 e. The largest absolute Gasteiger partial charge is 0.380 e. The second kappa shape index (κ2) is 7.41. The molecule has 1 amide bonds. The van der Waals surface area contributed by atoms with Crippen LogP contribution in [0.5, 0.6) is 0 Å². The van der Waals surface area contributed by atoms with E-state index in [9.17, 15) is 4.79 Å². The molecule has 1 aromatic rings. The quantitative estimate of drug-likeness (QED) is 0.750. The fraction of sp³-hybridized carbons (Fsp3) is 0.562. The van der Waals surface area contributed by atoms with Gasteiger partial charge in [-0.2, -0.15) is 0 Å². The topological polar surface area (TPSA) is 50.4 Å². The zero-order valence-corrected chi connectivity index (χ0v) is 12.4. The summed E-state index contributed by atoms with van der Waals surface area (Å²) in [4.78, 5) is 12.0. The van der Waals surface area contributed by atoms with E-state index >= 15 is 0 Å². The van der Waals surface area contributed by atoms with Crippen molar-refractivity contribution in [3.05, 3.63) is 34.9 Å². The van der Waals surface area contributed by atoms with Gasteiger partial charge >= 0.3 is 0 Å². The van der Waals surface area contributed by atoms with Gasteiger partial charge in [0.05, 0.1) is 6.61 Å². The summed E-state index contributed by atoms with van der Waals surface area (Å²) in [6.45, 7) is 8.01. The summed E-state index contributed by atoms with van der Waals surface area (Å²) in [5.41, 5.74) is 3.25. The van der Waals surface area contributed by atoms with Crippen molar-refractivity contribution in [2.75, 3.05) is 19.8 Å². The Balaban J connectivity index is 1.70. The maximum absolute atomic E-state index is 12.0. The van der Waals surface area contributed by atoms with E-state index < -0.39 is 0 Å². The SMILES string of the molecule is CC(C)CCOCCNC(=O)c1ccc2c(c1)CNC2. The van der Waals surface area contributed by atoms with Crippen molar-refractivity contribution >= 4 is 5.91 Å². The monoisotopic (exact) mass is 276 g/mol. The molecule has 1 aliphatic rings. The second-order valence-corrected chi connectivity index (χ2v) is 5.64. The summed E-state index contributed by atoms with van der Waals surface area (Å²) >= 11 is 0. The molecule has 0 aliphatic carbocycles. The Hall–Kier alpha value is -1.39. The molecule has 0 radical (unpaired) electrons. The van der Waals surface area contributed by atoms with Crippen LogP contribution in [-0.4, -0.2) is 25.7 Å². The number of rotatable bonds is 7. The minimum absolute atomic E-state index is 0.0211. The number of carbonyl (C=O) groups excluding carboxylic acids is 1. The minimum Gasteiger partial charge on any atom is -0.380 e. The molecule has 0 fully saturated rings. The first-order chi connectivity index (χ1) is 9.66. The molecule has 0 aromatic heterocycles. The van der Waals surface area contributed by atoms with Gasteiger partial charge in [-0.25, -0.2) is 0 Å². The number of benzene rings is 1. The zero-order valence-electron chi connectivity index (χ0n) is 12.4. The zero-order chi connectivity index (χ0) is 14.4. The van der Waals surface area contributed by atoms with Gasteiger partial charge in [0, 0.05) is 31.8 Å². The Labute approximate surface area is 120 Å². The summed E-state index contributed by atoms with van der Waals surface area (Å²) in [5, 5.41) is 6.17. The minimum atomic E-state index is -0.0211. The third kappa shape index (κ3) is 4.32. The van der Waals surface area contributed by atoms with Crippen LogP contribution in [0.15, 0.2) is 18.2 Å². The Kier molecular flexibility index (Phi) is 5.56. The summed E-state index contributed by atoms with van der Waals surface area (Å²) < 4.78 is 5.48. The Morgan fingerprint density at radius 1 is 1.30 bits per heavy atom. The molecule has 0 saturated heterocycles. The van der Waals surface area contributed by atoms with Gasteiger partial charge in [-0.15, -0.1) is 0 Å². The summed E-state index contributed by atoms with van der Waals surface area (Å²) in [7, 11) is 0. The molecular weight excluding hydrogens is 252 g/mol. The molecule has 1 aliphatic heterocycles. The highest BCUT2D eigenvalue weighted by molar-refractivity contribution is 5.94. The van der Waals surface area contributed by atoms with Crippen LogP contribution < -0.4 is 10.6 Å². The van der Waals surface area contributed by atoms with Gasteiger partial charge in [0.2, 0.25) is 0 Å². The molecule has 1 aromatic carbocycles. The lowest BCUT2D eigenvalue weighted by Gasteiger charge is -2.08. The summed E-state index contributed by atoms with van der Waals surface area (Å²) in [5.74, 6) is 0.636. The van der Waals surface area contributed by atoms with Gasteiger partial charge in [0.25, 0.3) is 5.91 Å². The van der Waals surface area contributed by atoms with Crippen LogP contribution in [0.1, 0.15) is 41.8 Å². The average molecular weight is 276 g/mol. The van der Waals surface area contributed by atoms with Gasteiger partial charge in [-0.3, -0.25) is 4.79 Å².